The molecule has 0 saturated heterocycles. The SMILES string of the molecule is CCCCCCC(C)Nc1ccc(C(N)=O)cc1[N+](=O)[O-]. The molecule has 116 valence electrons. The number of carbonyl (C=O) groups excluding carboxylic acids is 1. The van der Waals surface area contributed by atoms with Gasteiger partial charge in [-0.15, -0.1) is 0 Å². The summed E-state index contributed by atoms with van der Waals surface area (Å²) in [5.41, 5.74) is 5.59. The highest BCUT2D eigenvalue weighted by Gasteiger charge is 2.17. The third kappa shape index (κ3) is 5.41. The van der Waals surface area contributed by atoms with E-state index in [1.165, 1.54) is 31.4 Å². The number of primary amides is 1. The Morgan fingerprint density at radius 2 is 2.10 bits per heavy atom. The van der Waals surface area contributed by atoms with Crippen molar-refractivity contribution in [1.82, 2.24) is 0 Å². The number of nitro groups is 1. The number of hydrogen-bond donors (Lipinski definition) is 2. The summed E-state index contributed by atoms with van der Waals surface area (Å²) in [6.45, 7) is 4.16. The van der Waals surface area contributed by atoms with Gasteiger partial charge in [0.25, 0.3) is 5.69 Å². The van der Waals surface area contributed by atoms with E-state index in [4.69, 9.17) is 5.73 Å². The van der Waals surface area contributed by atoms with Gasteiger partial charge in [-0.2, -0.15) is 0 Å². The Morgan fingerprint density at radius 1 is 1.38 bits per heavy atom. The van der Waals surface area contributed by atoms with Crippen LogP contribution in [0.1, 0.15) is 56.3 Å². The molecule has 1 atom stereocenters. The second-order valence-corrected chi connectivity index (χ2v) is 5.25. The molecule has 0 aromatic heterocycles. The largest absolute Gasteiger partial charge is 0.377 e. The maximum Gasteiger partial charge on any atom is 0.293 e. The zero-order chi connectivity index (χ0) is 15.8. The molecule has 0 aliphatic rings. The van der Waals surface area contributed by atoms with Crippen molar-refractivity contribution in [3.05, 3.63) is 33.9 Å². The molecule has 6 heteroatoms. The molecule has 1 amide bonds. The van der Waals surface area contributed by atoms with E-state index in [0.717, 1.165) is 12.8 Å². The Kier molecular flexibility index (Phi) is 6.65. The topological polar surface area (TPSA) is 98.3 Å². The van der Waals surface area contributed by atoms with Gasteiger partial charge < -0.3 is 11.1 Å². The standard InChI is InChI=1S/C15H23N3O3/c1-3-4-5-6-7-11(2)17-13-9-8-12(15(16)19)10-14(13)18(20)21/h8-11,17H,3-7H2,1-2H3,(H2,16,19). The molecule has 6 nitrogen and oxygen atoms in total. The lowest BCUT2D eigenvalue weighted by Crippen LogP contribution is -2.17. The van der Waals surface area contributed by atoms with Crippen LogP contribution in [0.25, 0.3) is 0 Å². The van der Waals surface area contributed by atoms with Gasteiger partial charge in [0.2, 0.25) is 5.91 Å². The van der Waals surface area contributed by atoms with Crippen LogP contribution in [-0.2, 0) is 0 Å². The van der Waals surface area contributed by atoms with E-state index < -0.39 is 10.8 Å². The van der Waals surface area contributed by atoms with E-state index in [1.807, 2.05) is 6.92 Å². The normalized spacial score (nSPS) is 11.9. The minimum atomic E-state index is -0.669. The molecule has 0 spiro atoms. The minimum Gasteiger partial charge on any atom is -0.377 e. The van der Waals surface area contributed by atoms with Crippen molar-refractivity contribution in [3.63, 3.8) is 0 Å². The molecular formula is C15H23N3O3. The van der Waals surface area contributed by atoms with Crippen LogP contribution in [-0.4, -0.2) is 16.9 Å². The number of nitrogens with zero attached hydrogens (tertiary/aromatic N) is 1. The van der Waals surface area contributed by atoms with Crippen LogP contribution in [0.3, 0.4) is 0 Å². The highest BCUT2D eigenvalue weighted by molar-refractivity contribution is 5.94. The van der Waals surface area contributed by atoms with E-state index in [2.05, 4.69) is 12.2 Å². The fraction of sp³-hybridized carbons (Fsp3) is 0.533. The molecule has 0 aliphatic heterocycles. The zero-order valence-electron chi connectivity index (χ0n) is 12.6. The first-order valence-corrected chi connectivity index (χ1v) is 7.30. The van der Waals surface area contributed by atoms with Crippen molar-refractivity contribution in [2.45, 2.75) is 52.0 Å². The number of benzene rings is 1. The number of hydrogen-bond acceptors (Lipinski definition) is 4. The fourth-order valence-corrected chi connectivity index (χ4v) is 2.17. The Balaban J connectivity index is 2.73. The van der Waals surface area contributed by atoms with Gasteiger partial charge in [0.1, 0.15) is 5.69 Å². The quantitative estimate of drug-likeness (QED) is 0.414. The van der Waals surface area contributed by atoms with Gasteiger partial charge in [-0.05, 0) is 25.5 Å². The summed E-state index contributed by atoms with van der Waals surface area (Å²) in [6, 6.07) is 4.40. The molecule has 21 heavy (non-hydrogen) atoms. The predicted molar refractivity (Wildman–Crippen MR) is 83.5 cm³/mol. The zero-order valence-corrected chi connectivity index (χ0v) is 12.6. The van der Waals surface area contributed by atoms with E-state index in [-0.39, 0.29) is 17.3 Å². The summed E-state index contributed by atoms with van der Waals surface area (Å²) in [4.78, 5) is 21.7. The predicted octanol–water partition coefficient (Wildman–Crippen LogP) is 3.46. The van der Waals surface area contributed by atoms with Crippen LogP contribution in [0.5, 0.6) is 0 Å². The summed E-state index contributed by atoms with van der Waals surface area (Å²) in [6.07, 6.45) is 5.61. The summed E-state index contributed by atoms with van der Waals surface area (Å²) < 4.78 is 0. The van der Waals surface area contributed by atoms with Gasteiger partial charge in [0.05, 0.1) is 4.92 Å². The van der Waals surface area contributed by atoms with Crippen LogP contribution >= 0.6 is 0 Å². The lowest BCUT2D eigenvalue weighted by Gasteiger charge is -2.15. The first kappa shape index (κ1) is 16.9. The molecule has 0 radical (unpaired) electrons. The Bertz CT molecular complexity index is 503. The molecule has 1 aromatic rings. The fourth-order valence-electron chi connectivity index (χ4n) is 2.17. The smallest absolute Gasteiger partial charge is 0.293 e. The van der Waals surface area contributed by atoms with Gasteiger partial charge >= 0.3 is 0 Å². The van der Waals surface area contributed by atoms with Crippen molar-refractivity contribution >= 4 is 17.3 Å². The van der Waals surface area contributed by atoms with E-state index >= 15 is 0 Å². The molecule has 3 N–H and O–H groups in total. The molecule has 1 unspecified atom stereocenters. The first-order valence-electron chi connectivity index (χ1n) is 7.30. The molecule has 0 aliphatic carbocycles. The third-order valence-electron chi connectivity index (χ3n) is 3.37. The monoisotopic (exact) mass is 293 g/mol. The molecule has 0 bridgehead atoms. The first-order chi connectivity index (χ1) is 9.95. The number of nitrogens with two attached hydrogens (primary N) is 1. The average molecular weight is 293 g/mol. The van der Waals surface area contributed by atoms with Crippen LogP contribution in [0.15, 0.2) is 18.2 Å². The molecule has 0 saturated carbocycles. The van der Waals surface area contributed by atoms with E-state index in [9.17, 15) is 14.9 Å². The van der Waals surface area contributed by atoms with E-state index in [0.29, 0.717) is 5.69 Å². The van der Waals surface area contributed by atoms with Gasteiger partial charge in [0.15, 0.2) is 0 Å². The minimum absolute atomic E-state index is 0.119. The number of anilines is 1. The molecule has 0 fully saturated rings. The molecule has 1 rings (SSSR count). The maximum absolute atomic E-state index is 11.1. The summed E-state index contributed by atoms with van der Waals surface area (Å²) in [5, 5.41) is 14.2. The van der Waals surface area contributed by atoms with Gasteiger partial charge in [-0.3, -0.25) is 14.9 Å². The van der Waals surface area contributed by atoms with Crippen molar-refractivity contribution in [1.29, 1.82) is 0 Å². The summed E-state index contributed by atoms with van der Waals surface area (Å²) in [5.74, 6) is -0.669. The highest BCUT2D eigenvalue weighted by atomic mass is 16.6. The van der Waals surface area contributed by atoms with Crippen LogP contribution in [0, 0.1) is 10.1 Å². The Labute approximate surface area is 124 Å². The van der Waals surface area contributed by atoms with E-state index in [1.54, 1.807) is 6.07 Å². The second-order valence-electron chi connectivity index (χ2n) is 5.25. The molecule has 1 aromatic carbocycles. The summed E-state index contributed by atoms with van der Waals surface area (Å²) >= 11 is 0. The molecular weight excluding hydrogens is 270 g/mol. The maximum atomic E-state index is 11.1. The number of carbonyl (C=O) groups is 1. The number of amides is 1. The number of unbranched alkanes of at least 4 members (excludes halogenated alkanes) is 3. The van der Waals surface area contributed by atoms with Gasteiger partial charge in [-0.25, -0.2) is 0 Å². The van der Waals surface area contributed by atoms with Crippen molar-refractivity contribution in [3.8, 4) is 0 Å². The van der Waals surface area contributed by atoms with Crippen molar-refractivity contribution in [2.75, 3.05) is 5.32 Å². The average Bonchev–Trinajstić information content (AvgIpc) is 2.43. The number of rotatable bonds is 9. The van der Waals surface area contributed by atoms with Crippen LogP contribution in [0.4, 0.5) is 11.4 Å². The van der Waals surface area contributed by atoms with Crippen molar-refractivity contribution < 1.29 is 9.72 Å². The number of nitrogens with one attached hydrogen (secondary N) is 1. The highest BCUT2D eigenvalue weighted by Crippen LogP contribution is 2.26. The van der Waals surface area contributed by atoms with Crippen LogP contribution in [0.2, 0.25) is 0 Å². The lowest BCUT2D eigenvalue weighted by atomic mass is 10.1. The second kappa shape index (κ2) is 8.24. The third-order valence-corrected chi connectivity index (χ3v) is 3.37. The van der Waals surface area contributed by atoms with Crippen LogP contribution < -0.4 is 11.1 Å². The number of nitro benzene ring substituents is 1. The van der Waals surface area contributed by atoms with Gasteiger partial charge in [-0.1, -0.05) is 32.6 Å². The van der Waals surface area contributed by atoms with Crippen molar-refractivity contribution in [2.24, 2.45) is 5.73 Å². The Morgan fingerprint density at radius 3 is 2.67 bits per heavy atom. The van der Waals surface area contributed by atoms with Gasteiger partial charge in [0, 0.05) is 17.7 Å². The summed E-state index contributed by atoms with van der Waals surface area (Å²) in [7, 11) is 0. The Hall–Kier alpha value is -2.11. The molecule has 0 heterocycles. The lowest BCUT2D eigenvalue weighted by molar-refractivity contribution is -0.384.